The second kappa shape index (κ2) is 9.03. The van der Waals surface area contributed by atoms with Crippen LogP contribution in [-0.2, 0) is 0 Å². The summed E-state index contributed by atoms with van der Waals surface area (Å²) >= 11 is 0. The number of carbonyl (C=O) groups is 1. The maximum absolute atomic E-state index is 15.3. The van der Waals surface area contributed by atoms with Crippen molar-refractivity contribution < 1.29 is 13.9 Å². The number of amides is 1. The molecule has 0 aromatic heterocycles. The fourth-order valence-electron chi connectivity index (χ4n) is 6.20. The van der Waals surface area contributed by atoms with Crippen LogP contribution in [0.4, 0.5) is 4.39 Å². The molecule has 5 N–H and O–H groups in total. The summed E-state index contributed by atoms with van der Waals surface area (Å²) in [6, 6.07) is 2.80. The molecule has 33 heavy (non-hydrogen) atoms. The molecule has 1 aromatic rings. The maximum Gasteiger partial charge on any atom is 0.257 e. The summed E-state index contributed by atoms with van der Waals surface area (Å²) in [6.07, 6.45) is 8.72. The van der Waals surface area contributed by atoms with Gasteiger partial charge in [0, 0.05) is 18.0 Å². The van der Waals surface area contributed by atoms with Crippen molar-refractivity contribution in [2.45, 2.75) is 69.5 Å². The van der Waals surface area contributed by atoms with Crippen LogP contribution in [-0.4, -0.2) is 47.7 Å². The molecular formula is C24H35FN5O2P. The fraction of sp³-hybridized carbons (Fsp3) is 0.667. The highest BCUT2D eigenvalue weighted by molar-refractivity contribution is 7.39. The van der Waals surface area contributed by atoms with Crippen LogP contribution in [0, 0.1) is 17.2 Å². The molecule has 1 aromatic carbocycles. The molecule has 0 spiro atoms. The summed E-state index contributed by atoms with van der Waals surface area (Å²) in [6.45, 7) is 3.45. The third-order valence-electron chi connectivity index (χ3n) is 7.87. The molecule has 2 aliphatic heterocycles. The Morgan fingerprint density at radius 2 is 2.18 bits per heavy atom. The Morgan fingerprint density at radius 3 is 2.88 bits per heavy atom. The number of fused-ring (bicyclic) bond motifs is 2. The SMILES string of the molecule is CC1(COc2cc(F)c(C(=O)N3CCCC3/C(=N/N)NN)cc2C2CC2)CC2CPC(C2)C1. The molecule has 2 aliphatic carbocycles. The quantitative estimate of drug-likeness (QED) is 0.193. The van der Waals surface area contributed by atoms with E-state index in [2.05, 4.69) is 17.5 Å². The van der Waals surface area contributed by atoms with Crippen molar-refractivity contribution in [3.8, 4) is 5.75 Å². The minimum Gasteiger partial charge on any atom is -0.493 e. The lowest BCUT2D eigenvalue weighted by Gasteiger charge is -2.37. The summed E-state index contributed by atoms with van der Waals surface area (Å²) in [5.41, 5.74) is 4.52. The number of benzene rings is 1. The molecule has 5 atom stereocenters. The van der Waals surface area contributed by atoms with Gasteiger partial charge in [0.05, 0.1) is 18.2 Å². The van der Waals surface area contributed by atoms with Gasteiger partial charge in [0.2, 0.25) is 0 Å². The van der Waals surface area contributed by atoms with E-state index in [-0.39, 0.29) is 22.9 Å². The Labute approximate surface area is 196 Å². The molecule has 5 rings (SSSR count). The number of amidine groups is 1. The molecule has 0 radical (unpaired) electrons. The lowest BCUT2D eigenvalue weighted by Crippen LogP contribution is -2.48. The van der Waals surface area contributed by atoms with Crippen molar-refractivity contribution in [2.24, 2.45) is 28.1 Å². The van der Waals surface area contributed by atoms with E-state index in [9.17, 15) is 4.79 Å². The normalized spacial score (nSPS) is 32.4. The number of halogens is 1. The van der Waals surface area contributed by atoms with E-state index in [1.807, 2.05) is 0 Å². The van der Waals surface area contributed by atoms with Crippen LogP contribution in [0.2, 0.25) is 0 Å². The Kier molecular flexibility index (Phi) is 6.25. The van der Waals surface area contributed by atoms with E-state index in [0.717, 1.165) is 45.0 Å². The second-order valence-electron chi connectivity index (χ2n) is 10.7. The largest absolute Gasteiger partial charge is 0.493 e. The van der Waals surface area contributed by atoms with Gasteiger partial charge in [-0.3, -0.25) is 4.79 Å². The first kappa shape index (κ1) is 22.9. The number of nitrogens with two attached hydrogens (primary N) is 2. The number of hydrazine groups is 1. The number of rotatable bonds is 6. The van der Waals surface area contributed by atoms with Crippen LogP contribution >= 0.6 is 8.58 Å². The average molecular weight is 476 g/mol. The zero-order valence-electron chi connectivity index (χ0n) is 19.3. The number of hydrazone groups is 1. The van der Waals surface area contributed by atoms with Gasteiger partial charge in [-0.15, -0.1) is 8.58 Å². The van der Waals surface area contributed by atoms with Gasteiger partial charge in [-0.25, -0.2) is 10.2 Å². The molecule has 5 unspecified atom stereocenters. The minimum absolute atomic E-state index is 0.0904. The van der Waals surface area contributed by atoms with Crippen LogP contribution in [0.15, 0.2) is 17.2 Å². The van der Waals surface area contributed by atoms with Gasteiger partial charge >= 0.3 is 0 Å². The summed E-state index contributed by atoms with van der Waals surface area (Å²) in [4.78, 5) is 14.9. The molecular weight excluding hydrogens is 440 g/mol. The standard InChI is InChI=1S/C24H35FN5O2P/c1-24(10-14-7-16(11-24)33-12-14)13-32-21-9-19(25)18(8-17(21)15-4-5-15)23(31)30-6-2-3-20(30)22(28-26)29-27/h8-9,14-16,20,33H,2-7,10-13,26-27H2,1H3,(H,28,29). The van der Waals surface area contributed by atoms with Crippen LogP contribution in [0.25, 0.3) is 0 Å². The van der Waals surface area contributed by atoms with Gasteiger partial charge in [-0.1, -0.05) is 6.92 Å². The first-order valence-electron chi connectivity index (χ1n) is 12.2. The number of ether oxygens (including phenoxy) is 1. The molecule has 4 fully saturated rings. The summed E-state index contributed by atoms with van der Waals surface area (Å²) in [5.74, 6) is 12.2. The van der Waals surface area contributed by atoms with Crippen LogP contribution in [0.3, 0.4) is 0 Å². The second-order valence-corrected chi connectivity index (χ2v) is 12.3. The summed E-state index contributed by atoms with van der Waals surface area (Å²) in [5, 5.41) is 3.67. The average Bonchev–Trinajstić information content (AvgIpc) is 3.42. The predicted molar refractivity (Wildman–Crippen MR) is 129 cm³/mol. The first-order chi connectivity index (χ1) is 15.9. The van der Waals surface area contributed by atoms with Gasteiger partial charge in [0.15, 0.2) is 5.84 Å². The van der Waals surface area contributed by atoms with Crippen LogP contribution in [0.1, 0.15) is 73.7 Å². The zero-order valence-corrected chi connectivity index (χ0v) is 20.3. The highest BCUT2D eigenvalue weighted by atomic mass is 31.1. The topological polar surface area (TPSA) is 106 Å². The number of hydrogen-bond donors (Lipinski definition) is 3. The monoisotopic (exact) mass is 475 g/mol. The van der Waals surface area contributed by atoms with Gasteiger partial charge < -0.3 is 20.9 Å². The minimum atomic E-state index is -0.535. The van der Waals surface area contributed by atoms with E-state index in [4.69, 9.17) is 16.4 Å². The number of nitrogens with one attached hydrogen (secondary N) is 1. The molecule has 1 amide bonds. The molecule has 7 nitrogen and oxygen atoms in total. The molecule has 2 saturated carbocycles. The van der Waals surface area contributed by atoms with E-state index in [0.29, 0.717) is 37.1 Å². The molecule has 2 heterocycles. The van der Waals surface area contributed by atoms with E-state index in [1.54, 1.807) is 11.0 Å². The Morgan fingerprint density at radius 1 is 1.36 bits per heavy atom. The molecule has 4 aliphatic rings. The van der Waals surface area contributed by atoms with Crippen molar-refractivity contribution in [2.75, 3.05) is 19.3 Å². The van der Waals surface area contributed by atoms with Gasteiger partial charge in [0.25, 0.3) is 5.91 Å². The smallest absolute Gasteiger partial charge is 0.257 e. The zero-order chi connectivity index (χ0) is 23.2. The number of likely N-dealkylation sites (tertiary alicyclic amines) is 1. The van der Waals surface area contributed by atoms with Crippen molar-refractivity contribution in [3.63, 3.8) is 0 Å². The molecule has 9 heteroatoms. The maximum atomic E-state index is 15.3. The van der Waals surface area contributed by atoms with Crippen molar-refractivity contribution in [3.05, 3.63) is 29.1 Å². The van der Waals surface area contributed by atoms with Crippen molar-refractivity contribution >= 4 is 20.3 Å². The third-order valence-corrected chi connectivity index (χ3v) is 9.70. The van der Waals surface area contributed by atoms with Gasteiger partial charge in [-0.05, 0) is 80.2 Å². The number of carbonyl (C=O) groups excluding carboxylic acids is 1. The molecule has 2 saturated heterocycles. The molecule has 180 valence electrons. The Hall–Kier alpha value is -1.92. The highest BCUT2D eigenvalue weighted by Crippen LogP contribution is 2.53. The number of nitrogens with zero attached hydrogens (tertiary/aromatic N) is 2. The van der Waals surface area contributed by atoms with Gasteiger partial charge in [-0.2, -0.15) is 5.10 Å². The highest BCUT2D eigenvalue weighted by Gasteiger charge is 2.42. The fourth-order valence-corrected chi connectivity index (χ4v) is 8.32. The van der Waals surface area contributed by atoms with Crippen molar-refractivity contribution in [1.82, 2.24) is 10.3 Å². The van der Waals surface area contributed by atoms with E-state index < -0.39 is 5.82 Å². The van der Waals surface area contributed by atoms with E-state index >= 15 is 4.39 Å². The van der Waals surface area contributed by atoms with E-state index in [1.165, 1.54) is 31.5 Å². The van der Waals surface area contributed by atoms with Crippen molar-refractivity contribution in [1.29, 1.82) is 0 Å². The lowest BCUT2D eigenvalue weighted by atomic mass is 9.72. The van der Waals surface area contributed by atoms with Gasteiger partial charge in [0.1, 0.15) is 11.6 Å². The molecule has 2 bridgehead atoms. The third kappa shape index (κ3) is 4.57. The first-order valence-corrected chi connectivity index (χ1v) is 13.4. The Bertz CT molecular complexity index is 941. The summed E-state index contributed by atoms with van der Waals surface area (Å²) < 4.78 is 21.6. The summed E-state index contributed by atoms with van der Waals surface area (Å²) in [7, 11) is 1.09. The van der Waals surface area contributed by atoms with Crippen LogP contribution < -0.4 is 21.8 Å². The lowest BCUT2D eigenvalue weighted by molar-refractivity contribution is 0.0762. The number of hydrogen-bond acceptors (Lipinski definition) is 5. The Balaban J connectivity index is 1.36. The predicted octanol–water partition coefficient (Wildman–Crippen LogP) is 3.29. The van der Waals surface area contributed by atoms with Crippen LogP contribution in [0.5, 0.6) is 5.75 Å².